The van der Waals surface area contributed by atoms with Gasteiger partial charge in [-0.3, -0.25) is 4.79 Å². The van der Waals surface area contributed by atoms with Gasteiger partial charge < -0.3 is 10.6 Å². The lowest BCUT2D eigenvalue weighted by molar-refractivity contribution is -0.122. The molecule has 0 aromatic heterocycles. The van der Waals surface area contributed by atoms with E-state index in [0.717, 1.165) is 23.7 Å². The number of likely N-dealkylation sites (N-methyl/N-ethyl adjacent to an activating group) is 1. The van der Waals surface area contributed by atoms with E-state index in [-0.39, 0.29) is 11.4 Å². The number of hydrogen-bond donors (Lipinski definition) is 2. The molecule has 0 heterocycles. The zero-order chi connectivity index (χ0) is 14.4. The summed E-state index contributed by atoms with van der Waals surface area (Å²) < 4.78 is 1.10. The lowest BCUT2D eigenvalue weighted by atomic mass is 9.77. The van der Waals surface area contributed by atoms with E-state index in [1.165, 1.54) is 24.8 Å². The van der Waals surface area contributed by atoms with E-state index in [4.69, 9.17) is 0 Å². The number of carbonyl (C=O) groups excluding carboxylic acids is 1. The first-order valence-electron chi connectivity index (χ1n) is 7.34. The number of rotatable bonds is 5. The lowest BCUT2D eigenvalue weighted by Gasteiger charge is -2.38. The summed E-state index contributed by atoms with van der Waals surface area (Å²) in [7, 11) is 1.81. The van der Waals surface area contributed by atoms with Crippen molar-refractivity contribution >= 4 is 21.8 Å². The van der Waals surface area contributed by atoms with E-state index in [1.54, 1.807) is 0 Å². The molecule has 1 fully saturated rings. The molecule has 2 rings (SSSR count). The zero-order valence-corrected chi connectivity index (χ0v) is 13.6. The molecular weight excluding hydrogens is 316 g/mol. The molecule has 4 heteroatoms. The first kappa shape index (κ1) is 15.5. The van der Waals surface area contributed by atoms with Gasteiger partial charge in [-0.1, -0.05) is 47.3 Å². The molecule has 1 aromatic carbocycles. The maximum atomic E-state index is 12.0. The van der Waals surface area contributed by atoms with Gasteiger partial charge in [0.25, 0.3) is 0 Å². The molecule has 1 aliphatic carbocycles. The molecule has 3 nitrogen and oxygen atoms in total. The fraction of sp³-hybridized carbons (Fsp3) is 0.562. The highest BCUT2D eigenvalue weighted by Crippen LogP contribution is 2.31. The minimum Gasteiger partial charge on any atom is -0.349 e. The Morgan fingerprint density at radius 2 is 1.85 bits per heavy atom. The molecule has 0 radical (unpaired) electrons. The van der Waals surface area contributed by atoms with Gasteiger partial charge in [-0.05, 0) is 44.0 Å². The minimum absolute atomic E-state index is 0.0555. The predicted octanol–water partition coefficient (Wildman–Crippen LogP) is 3.03. The number of carbonyl (C=O) groups is 1. The van der Waals surface area contributed by atoms with Gasteiger partial charge >= 0.3 is 0 Å². The van der Waals surface area contributed by atoms with Crippen LogP contribution in [0.1, 0.15) is 37.7 Å². The van der Waals surface area contributed by atoms with Crippen LogP contribution >= 0.6 is 15.9 Å². The van der Waals surface area contributed by atoms with E-state index in [9.17, 15) is 4.79 Å². The SMILES string of the molecule is CNCC(=O)NC1(Cc2ccc(Br)cc2)CCCCC1. The molecule has 2 N–H and O–H groups in total. The number of nitrogens with one attached hydrogen (secondary N) is 2. The van der Waals surface area contributed by atoms with Crippen LogP contribution in [0.5, 0.6) is 0 Å². The second-order valence-electron chi connectivity index (χ2n) is 5.72. The van der Waals surface area contributed by atoms with Crippen molar-refractivity contribution in [3.05, 3.63) is 34.3 Å². The maximum Gasteiger partial charge on any atom is 0.234 e. The Labute approximate surface area is 129 Å². The Morgan fingerprint density at radius 1 is 1.20 bits per heavy atom. The molecule has 1 aliphatic rings. The first-order valence-corrected chi connectivity index (χ1v) is 8.13. The van der Waals surface area contributed by atoms with Crippen molar-refractivity contribution in [3.8, 4) is 0 Å². The summed E-state index contributed by atoms with van der Waals surface area (Å²) >= 11 is 3.47. The van der Waals surface area contributed by atoms with Gasteiger partial charge in [0, 0.05) is 10.0 Å². The molecule has 0 saturated heterocycles. The Morgan fingerprint density at radius 3 is 2.45 bits per heavy atom. The molecule has 0 bridgehead atoms. The molecule has 1 aromatic rings. The van der Waals surface area contributed by atoms with Crippen molar-refractivity contribution in [2.75, 3.05) is 13.6 Å². The molecule has 0 aliphatic heterocycles. The first-order chi connectivity index (χ1) is 9.63. The minimum atomic E-state index is -0.0555. The van der Waals surface area contributed by atoms with E-state index in [0.29, 0.717) is 6.54 Å². The van der Waals surface area contributed by atoms with Crippen LogP contribution in [0, 0.1) is 0 Å². The summed E-state index contributed by atoms with van der Waals surface area (Å²) in [5.74, 6) is 0.103. The van der Waals surface area contributed by atoms with Gasteiger partial charge in [0.15, 0.2) is 0 Å². The Hall–Kier alpha value is -0.870. The van der Waals surface area contributed by atoms with Crippen molar-refractivity contribution in [2.24, 2.45) is 0 Å². The highest BCUT2D eigenvalue weighted by atomic mass is 79.9. The molecule has 20 heavy (non-hydrogen) atoms. The van der Waals surface area contributed by atoms with Crippen LogP contribution in [0.2, 0.25) is 0 Å². The number of halogens is 1. The number of hydrogen-bond acceptors (Lipinski definition) is 2. The van der Waals surface area contributed by atoms with Gasteiger partial charge in [0.2, 0.25) is 5.91 Å². The van der Waals surface area contributed by atoms with Crippen LogP contribution < -0.4 is 10.6 Å². The summed E-state index contributed by atoms with van der Waals surface area (Å²) in [6.45, 7) is 0.391. The smallest absolute Gasteiger partial charge is 0.234 e. The van der Waals surface area contributed by atoms with E-state index in [2.05, 4.69) is 50.8 Å². The summed E-state index contributed by atoms with van der Waals surface area (Å²) in [6, 6.07) is 8.43. The fourth-order valence-corrected chi connectivity index (χ4v) is 3.33. The predicted molar refractivity (Wildman–Crippen MR) is 85.7 cm³/mol. The van der Waals surface area contributed by atoms with Gasteiger partial charge in [-0.15, -0.1) is 0 Å². The van der Waals surface area contributed by atoms with E-state index in [1.807, 2.05) is 7.05 Å². The van der Waals surface area contributed by atoms with Crippen molar-refractivity contribution < 1.29 is 4.79 Å². The van der Waals surface area contributed by atoms with Gasteiger partial charge in [0.05, 0.1) is 6.54 Å². The molecule has 0 spiro atoms. The summed E-state index contributed by atoms with van der Waals surface area (Å²) in [5, 5.41) is 6.21. The third-order valence-electron chi connectivity index (χ3n) is 4.01. The summed E-state index contributed by atoms with van der Waals surface area (Å²) in [5.41, 5.74) is 1.24. The van der Waals surface area contributed by atoms with E-state index < -0.39 is 0 Å². The average molecular weight is 339 g/mol. The van der Waals surface area contributed by atoms with Gasteiger partial charge in [-0.2, -0.15) is 0 Å². The molecule has 0 atom stereocenters. The Kier molecular flexibility index (Phi) is 5.61. The monoisotopic (exact) mass is 338 g/mol. The van der Waals surface area contributed by atoms with Crippen molar-refractivity contribution in [2.45, 2.75) is 44.1 Å². The van der Waals surface area contributed by atoms with Gasteiger partial charge in [0.1, 0.15) is 0 Å². The Bertz CT molecular complexity index is 438. The highest BCUT2D eigenvalue weighted by molar-refractivity contribution is 9.10. The quantitative estimate of drug-likeness (QED) is 0.866. The van der Waals surface area contributed by atoms with Crippen molar-refractivity contribution in [1.29, 1.82) is 0 Å². The third kappa shape index (κ3) is 4.32. The van der Waals surface area contributed by atoms with Gasteiger partial charge in [-0.25, -0.2) is 0 Å². The standard InChI is InChI=1S/C16H23BrN2O/c1-18-12-15(20)19-16(9-3-2-4-10-16)11-13-5-7-14(17)8-6-13/h5-8,18H,2-4,9-12H2,1H3,(H,19,20). The Balaban J connectivity index is 2.09. The normalized spacial score (nSPS) is 17.7. The van der Waals surface area contributed by atoms with E-state index >= 15 is 0 Å². The molecule has 0 unspecified atom stereocenters. The van der Waals surface area contributed by atoms with Crippen LogP contribution in [-0.4, -0.2) is 25.0 Å². The molecule has 110 valence electrons. The van der Waals surface area contributed by atoms with Crippen molar-refractivity contribution in [1.82, 2.24) is 10.6 Å². The largest absolute Gasteiger partial charge is 0.349 e. The zero-order valence-electron chi connectivity index (χ0n) is 12.0. The molecule has 1 saturated carbocycles. The second-order valence-corrected chi connectivity index (χ2v) is 6.64. The van der Waals surface area contributed by atoms with Crippen LogP contribution in [0.3, 0.4) is 0 Å². The number of amides is 1. The van der Waals surface area contributed by atoms with Crippen LogP contribution in [0.4, 0.5) is 0 Å². The summed E-state index contributed by atoms with van der Waals surface area (Å²) in [4.78, 5) is 12.0. The highest BCUT2D eigenvalue weighted by Gasteiger charge is 2.33. The topological polar surface area (TPSA) is 41.1 Å². The maximum absolute atomic E-state index is 12.0. The molecular formula is C16H23BrN2O. The van der Waals surface area contributed by atoms with Crippen LogP contribution in [0.15, 0.2) is 28.7 Å². The van der Waals surface area contributed by atoms with Crippen molar-refractivity contribution in [3.63, 3.8) is 0 Å². The average Bonchev–Trinajstić information content (AvgIpc) is 2.42. The second kappa shape index (κ2) is 7.23. The summed E-state index contributed by atoms with van der Waals surface area (Å²) in [6.07, 6.45) is 6.78. The third-order valence-corrected chi connectivity index (χ3v) is 4.54. The lowest BCUT2D eigenvalue weighted by Crippen LogP contribution is -2.53. The number of benzene rings is 1. The molecule has 1 amide bonds. The van der Waals surface area contributed by atoms with Crippen LogP contribution in [-0.2, 0) is 11.2 Å². The fourth-order valence-electron chi connectivity index (χ4n) is 3.07. The van der Waals surface area contributed by atoms with Crippen LogP contribution in [0.25, 0.3) is 0 Å².